The van der Waals surface area contributed by atoms with Gasteiger partial charge in [-0.05, 0) is 47.5 Å². The number of hydrogen-bond acceptors (Lipinski definition) is 3. The molecule has 1 aromatic carbocycles. The SMILES string of the molecule is Cc1ccc(S(=O)(=O)N(C)Cc2cc(Br)cs2)c(C)c1. The largest absolute Gasteiger partial charge is 0.243 e. The van der Waals surface area contributed by atoms with E-state index in [1.807, 2.05) is 37.4 Å². The van der Waals surface area contributed by atoms with Gasteiger partial charge in [0.2, 0.25) is 10.0 Å². The lowest BCUT2D eigenvalue weighted by molar-refractivity contribution is 0.469. The topological polar surface area (TPSA) is 37.4 Å². The minimum Gasteiger partial charge on any atom is -0.207 e. The minimum atomic E-state index is -3.45. The Morgan fingerprint density at radius 2 is 1.95 bits per heavy atom. The summed E-state index contributed by atoms with van der Waals surface area (Å²) in [6, 6.07) is 7.34. The lowest BCUT2D eigenvalue weighted by atomic mass is 10.2. The van der Waals surface area contributed by atoms with Crippen LogP contribution >= 0.6 is 27.3 Å². The molecular weight excluding hydrogens is 358 g/mol. The van der Waals surface area contributed by atoms with Crippen molar-refractivity contribution in [3.63, 3.8) is 0 Å². The zero-order valence-electron chi connectivity index (χ0n) is 11.6. The van der Waals surface area contributed by atoms with E-state index < -0.39 is 10.0 Å². The predicted octanol–water partition coefficient (Wildman–Crippen LogP) is 3.95. The van der Waals surface area contributed by atoms with Gasteiger partial charge in [0.15, 0.2) is 0 Å². The van der Waals surface area contributed by atoms with Crippen LogP contribution in [0, 0.1) is 13.8 Å². The molecule has 2 aromatic rings. The van der Waals surface area contributed by atoms with E-state index >= 15 is 0 Å². The molecule has 20 heavy (non-hydrogen) atoms. The van der Waals surface area contributed by atoms with Gasteiger partial charge in [0.25, 0.3) is 0 Å². The molecule has 2 rings (SSSR count). The first-order valence-electron chi connectivity index (χ1n) is 6.07. The lowest BCUT2D eigenvalue weighted by Crippen LogP contribution is -2.26. The van der Waals surface area contributed by atoms with Gasteiger partial charge in [0, 0.05) is 28.3 Å². The summed E-state index contributed by atoms with van der Waals surface area (Å²) in [7, 11) is -1.84. The van der Waals surface area contributed by atoms with Crippen LogP contribution in [0.4, 0.5) is 0 Å². The van der Waals surface area contributed by atoms with E-state index in [9.17, 15) is 8.42 Å². The number of thiophene rings is 1. The van der Waals surface area contributed by atoms with E-state index in [-0.39, 0.29) is 0 Å². The molecule has 0 spiro atoms. The van der Waals surface area contributed by atoms with Crippen molar-refractivity contribution >= 4 is 37.3 Å². The first kappa shape index (κ1) is 15.7. The Morgan fingerprint density at radius 1 is 1.25 bits per heavy atom. The average Bonchev–Trinajstić information content (AvgIpc) is 2.74. The standard InChI is InChI=1S/C14H16BrNO2S2/c1-10-4-5-14(11(2)6-10)20(17,18)16(3)8-13-7-12(15)9-19-13/h4-7,9H,8H2,1-3H3. The van der Waals surface area contributed by atoms with Crippen LogP contribution < -0.4 is 0 Å². The lowest BCUT2D eigenvalue weighted by Gasteiger charge is -2.18. The summed E-state index contributed by atoms with van der Waals surface area (Å²) < 4.78 is 27.6. The summed E-state index contributed by atoms with van der Waals surface area (Å²) >= 11 is 4.92. The fraction of sp³-hybridized carbons (Fsp3) is 0.286. The summed E-state index contributed by atoms with van der Waals surface area (Å²) in [6.45, 7) is 4.16. The summed E-state index contributed by atoms with van der Waals surface area (Å²) in [5.74, 6) is 0. The van der Waals surface area contributed by atoms with Crippen molar-refractivity contribution in [1.29, 1.82) is 0 Å². The van der Waals surface area contributed by atoms with Crippen LogP contribution in [0.15, 0.2) is 39.0 Å². The molecule has 108 valence electrons. The number of rotatable bonds is 4. The third-order valence-electron chi connectivity index (χ3n) is 3.02. The first-order valence-corrected chi connectivity index (χ1v) is 9.18. The van der Waals surface area contributed by atoms with Gasteiger partial charge in [-0.25, -0.2) is 8.42 Å². The normalized spacial score (nSPS) is 12.1. The Balaban J connectivity index is 2.29. The van der Waals surface area contributed by atoms with E-state index in [0.29, 0.717) is 11.4 Å². The van der Waals surface area contributed by atoms with E-state index in [1.54, 1.807) is 24.5 Å². The molecule has 3 nitrogen and oxygen atoms in total. The highest BCUT2D eigenvalue weighted by Gasteiger charge is 2.23. The molecule has 1 heterocycles. The van der Waals surface area contributed by atoms with Crippen molar-refractivity contribution in [1.82, 2.24) is 4.31 Å². The van der Waals surface area contributed by atoms with Crippen LogP contribution in [0.25, 0.3) is 0 Å². The molecule has 0 bridgehead atoms. The number of halogens is 1. The van der Waals surface area contributed by atoms with E-state index in [2.05, 4.69) is 15.9 Å². The van der Waals surface area contributed by atoms with Crippen LogP contribution in [-0.2, 0) is 16.6 Å². The van der Waals surface area contributed by atoms with Gasteiger partial charge < -0.3 is 0 Å². The van der Waals surface area contributed by atoms with Crippen molar-refractivity contribution in [2.45, 2.75) is 25.3 Å². The smallest absolute Gasteiger partial charge is 0.207 e. The third kappa shape index (κ3) is 3.31. The molecule has 0 N–H and O–H groups in total. The Kier molecular flexibility index (Phi) is 4.69. The van der Waals surface area contributed by atoms with Crippen molar-refractivity contribution in [3.05, 3.63) is 50.1 Å². The fourth-order valence-corrected chi connectivity index (χ4v) is 4.93. The molecule has 0 aliphatic carbocycles. The number of nitrogens with zero attached hydrogens (tertiary/aromatic N) is 1. The van der Waals surface area contributed by atoms with Crippen molar-refractivity contribution < 1.29 is 8.42 Å². The fourth-order valence-electron chi connectivity index (χ4n) is 2.00. The highest BCUT2D eigenvalue weighted by molar-refractivity contribution is 9.10. The minimum absolute atomic E-state index is 0.376. The Labute approximate surface area is 132 Å². The molecule has 0 atom stereocenters. The number of hydrogen-bond donors (Lipinski definition) is 0. The quantitative estimate of drug-likeness (QED) is 0.813. The van der Waals surface area contributed by atoms with E-state index in [0.717, 1.165) is 20.5 Å². The van der Waals surface area contributed by atoms with Gasteiger partial charge in [-0.1, -0.05) is 17.7 Å². The van der Waals surface area contributed by atoms with Crippen LogP contribution in [0.2, 0.25) is 0 Å². The molecule has 0 amide bonds. The van der Waals surface area contributed by atoms with E-state index in [1.165, 1.54) is 4.31 Å². The number of benzene rings is 1. The van der Waals surface area contributed by atoms with Crippen LogP contribution in [-0.4, -0.2) is 19.8 Å². The zero-order valence-corrected chi connectivity index (χ0v) is 14.8. The molecule has 0 aliphatic rings. The van der Waals surface area contributed by atoms with Gasteiger partial charge in [0.1, 0.15) is 0 Å². The van der Waals surface area contributed by atoms with Crippen LogP contribution in [0.5, 0.6) is 0 Å². The molecule has 0 radical (unpaired) electrons. The van der Waals surface area contributed by atoms with Crippen LogP contribution in [0.1, 0.15) is 16.0 Å². The summed E-state index contributed by atoms with van der Waals surface area (Å²) in [6.07, 6.45) is 0. The van der Waals surface area contributed by atoms with Crippen molar-refractivity contribution in [3.8, 4) is 0 Å². The van der Waals surface area contributed by atoms with E-state index in [4.69, 9.17) is 0 Å². The predicted molar refractivity (Wildman–Crippen MR) is 86.6 cm³/mol. The second-order valence-electron chi connectivity index (χ2n) is 4.76. The van der Waals surface area contributed by atoms with Crippen molar-refractivity contribution in [2.24, 2.45) is 0 Å². The van der Waals surface area contributed by atoms with Gasteiger partial charge in [-0.15, -0.1) is 11.3 Å². The van der Waals surface area contributed by atoms with Crippen molar-refractivity contribution in [2.75, 3.05) is 7.05 Å². The zero-order chi connectivity index (χ0) is 14.9. The monoisotopic (exact) mass is 373 g/mol. The van der Waals surface area contributed by atoms with Crippen LogP contribution in [0.3, 0.4) is 0 Å². The highest BCUT2D eigenvalue weighted by Crippen LogP contribution is 2.25. The average molecular weight is 374 g/mol. The highest BCUT2D eigenvalue weighted by atomic mass is 79.9. The Morgan fingerprint density at radius 3 is 2.50 bits per heavy atom. The third-order valence-corrected chi connectivity index (χ3v) is 6.66. The second kappa shape index (κ2) is 5.97. The maximum absolute atomic E-state index is 12.6. The Hall–Kier alpha value is -0.690. The molecule has 0 saturated carbocycles. The second-order valence-corrected chi connectivity index (χ2v) is 8.69. The Bertz CT molecular complexity index is 723. The van der Waals surface area contributed by atoms with Gasteiger partial charge >= 0.3 is 0 Å². The molecule has 6 heteroatoms. The number of sulfonamides is 1. The maximum Gasteiger partial charge on any atom is 0.243 e. The summed E-state index contributed by atoms with van der Waals surface area (Å²) in [4.78, 5) is 1.38. The molecule has 1 aromatic heterocycles. The molecule has 0 saturated heterocycles. The molecule has 0 aliphatic heterocycles. The first-order chi connectivity index (χ1) is 9.30. The van der Waals surface area contributed by atoms with Gasteiger partial charge in [0.05, 0.1) is 4.90 Å². The molecule has 0 unspecified atom stereocenters. The molecule has 0 fully saturated rings. The number of aryl methyl sites for hydroxylation is 2. The summed E-state index contributed by atoms with van der Waals surface area (Å²) in [5, 5.41) is 1.95. The van der Waals surface area contributed by atoms with Gasteiger partial charge in [-0.3, -0.25) is 0 Å². The maximum atomic E-state index is 12.6. The molecular formula is C14H16BrNO2S2. The van der Waals surface area contributed by atoms with Gasteiger partial charge in [-0.2, -0.15) is 4.31 Å². The summed E-state index contributed by atoms with van der Waals surface area (Å²) in [5.41, 5.74) is 1.84.